The summed E-state index contributed by atoms with van der Waals surface area (Å²) in [5, 5.41) is 3.39. The molecule has 3 rings (SSSR count). The Morgan fingerprint density at radius 2 is 1.96 bits per heavy atom. The van der Waals surface area contributed by atoms with Crippen molar-refractivity contribution in [2.75, 3.05) is 52.5 Å². The molecule has 1 aromatic rings. The number of rotatable bonds is 7. The van der Waals surface area contributed by atoms with Gasteiger partial charge in [-0.3, -0.25) is 9.69 Å². The summed E-state index contributed by atoms with van der Waals surface area (Å²) in [6.45, 7) is 11.1. The zero-order valence-corrected chi connectivity index (χ0v) is 16.0. The molecule has 1 aromatic carbocycles. The standard InChI is InChI=1S/C20H31N3O3/c1-3-13-26-18-6-5-16(14-19(18)25-4-2)20(24)23-10-7-17(15-23)22-11-8-21-9-12-22/h5-6,14,17,21H,3-4,7-13,15H2,1-2H3. The molecule has 2 aliphatic heterocycles. The molecular formula is C20H31N3O3. The first-order valence-electron chi connectivity index (χ1n) is 9.86. The van der Waals surface area contributed by atoms with Crippen molar-refractivity contribution in [2.24, 2.45) is 0 Å². The summed E-state index contributed by atoms with van der Waals surface area (Å²) in [6, 6.07) is 6.03. The molecule has 1 unspecified atom stereocenters. The van der Waals surface area contributed by atoms with Gasteiger partial charge in [-0.05, 0) is 38.0 Å². The summed E-state index contributed by atoms with van der Waals surface area (Å²) in [6.07, 6.45) is 2.00. The number of benzene rings is 1. The maximum atomic E-state index is 13.0. The number of amides is 1. The second-order valence-electron chi connectivity index (χ2n) is 6.92. The molecule has 0 aliphatic carbocycles. The lowest BCUT2D eigenvalue weighted by Crippen LogP contribution is -2.49. The van der Waals surface area contributed by atoms with Crippen molar-refractivity contribution in [3.63, 3.8) is 0 Å². The Kier molecular flexibility index (Phi) is 6.74. The summed E-state index contributed by atoms with van der Waals surface area (Å²) >= 11 is 0. The number of ether oxygens (including phenoxy) is 2. The molecule has 2 fully saturated rings. The van der Waals surface area contributed by atoms with Crippen molar-refractivity contribution in [3.05, 3.63) is 23.8 Å². The van der Waals surface area contributed by atoms with Gasteiger partial charge in [0.15, 0.2) is 11.5 Å². The number of carbonyl (C=O) groups excluding carboxylic acids is 1. The maximum Gasteiger partial charge on any atom is 0.254 e. The van der Waals surface area contributed by atoms with Crippen LogP contribution in [0.3, 0.4) is 0 Å². The van der Waals surface area contributed by atoms with Gasteiger partial charge in [0.05, 0.1) is 13.2 Å². The third kappa shape index (κ3) is 4.48. The molecule has 6 nitrogen and oxygen atoms in total. The zero-order chi connectivity index (χ0) is 18.4. The molecule has 26 heavy (non-hydrogen) atoms. The van der Waals surface area contributed by atoms with Crippen LogP contribution in [0.15, 0.2) is 18.2 Å². The van der Waals surface area contributed by atoms with Crippen LogP contribution in [0.1, 0.15) is 37.0 Å². The van der Waals surface area contributed by atoms with Gasteiger partial charge in [0.2, 0.25) is 0 Å². The minimum absolute atomic E-state index is 0.0885. The van der Waals surface area contributed by atoms with Crippen LogP contribution in [0.25, 0.3) is 0 Å². The van der Waals surface area contributed by atoms with Gasteiger partial charge in [-0.15, -0.1) is 0 Å². The molecule has 2 saturated heterocycles. The number of likely N-dealkylation sites (tertiary alicyclic amines) is 1. The van der Waals surface area contributed by atoms with E-state index in [0.717, 1.165) is 52.1 Å². The minimum atomic E-state index is 0.0885. The summed E-state index contributed by atoms with van der Waals surface area (Å²) in [5.41, 5.74) is 0.679. The number of piperazine rings is 1. The fourth-order valence-corrected chi connectivity index (χ4v) is 3.69. The first-order valence-corrected chi connectivity index (χ1v) is 9.86. The number of nitrogens with one attached hydrogen (secondary N) is 1. The van der Waals surface area contributed by atoms with Crippen LogP contribution in [0, 0.1) is 0 Å². The van der Waals surface area contributed by atoms with E-state index >= 15 is 0 Å². The molecule has 0 radical (unpaired) electrons. The topological polar surface area (TPSA) is 54.0 Å². The SMILES string of the molecule is CCCOc1ccc(C(=O)N2CCC(N3CCNCC3)C2)cc1OCC. The van der Waals surface area contributed by atoms with Crippen LogP contribution < -0.4 is 14.8 Å². The lowest BCUT2D eigenvalue weighted by Gasteiger charge is -2.32. The monoisotopic (exact) mass is 361 g/mol. The summed E-state index contributed by atoms with van der Waals surface area (Å²) in [7, 11) is 0. The molecule has 0 spiro atoms. The Bertz CT molecular complexity index is 602. The summed E-state index contributed by atoms with van der Waals surface area (Å²) in [5.74, 6) is 1.46. The normalized spacial score (nSPS) is 21.0. The highest BCUT2D eigenvalue weighted by molar-refractivity contribution is 5.95. The van der Waals surface area contributed by atoms with E-state index in [-0.39, 0.29) is 5.91 Å². The smallest absolute Gasteiger partial charge is 0.254 e. The average molecular weight is 361 g/mol. The molecule has 2 heterocycles. The van der Waals surface area contributed by atoms with Gasteiger partial charge < -0.3 is 19.7 Å². The molecule has 0 bridgehead atoms. The third-order valence-electron chi connectivity index (χ3n) is 5.07. The largest absolute Gasteiger partial charge is 0.490 e. The number of hydrogen-bond donors (Lipinski definition) is 1. The second kappa shape index (κ2) is 9.24. The van der Waals surface area contributed by atoms with Crippen molar-refractivity contribution < 1.29 is 14.3 Å². The van der Waals surface area contributed by atoms with Crippen molar-refractivity contribution in [2.45, 2.75) is 32.7 Å². The first-order chi connectivity index (χ1) is 12.7. The van der Waals surface area contributed by atoms with Crippen molar-refractivity contribution in [1.82, 2.24) is 15.1 Å². The van der Waals surface area contributed by atoms with Gasteiger partial charge in [-0.1, -0.05) is 6.92 Å². The zero-order valence-electron chi connectivity index (χ0n) is 16.0. The Morgan fingerprint density at radius 1 is 1.15 bits per heavy atom. The van der Waals surface area contributed by atoms with Gasteiger partial charge in [0.25, 0.3) is 5.91 Å². The van der Waals surface area contributed by atoms with Crippen molar-refractivity contribution in [1.29, 1.82) is 0 Å². The van der Waals surface area contributed by atoms with E-state index in [2.05, 4.69) is 17.1 Å². The molecular weight excluding hydrogens is 330 g/mol. The maximum absolute atomic E-state index is 13.0. The molecule has 1 atom stereocenters. The van der Waals surface area contributed by atoms with Crippen molar-refractivity contribution in [3.8, 4) is 11.5 Å². The van der Waals surface area contributed by atoms with Crippen LogP contribution in [0.4, 0.5) is 0 Å². The third-order valence-corrected chi connectivity index (χ3v) is 5.07. The minimum Gasteiger partial charge on any atom is -0.490 e. The predicted molar refractivity (Wildman–Crippen MR) is 102 cm³/mol. The van der Waals surface area contributed by atoms with Crippen LogP contribution in [-0.4, -0.2) is 74.2 Å². The van der Waals surface area contributed by atoms with E-state index in [9.17, 15) is 4.79 Å². The van der Waals surface area contributed by atoms with Gasteiger partial charge in [0.1, 0.15) is 0 Å². The quantitative estimate of drug-likeness (QED) is 0.805. The number of carbonyl (C=O) groups is 1. The highest BCUT2D eigenvalue weighted by atomic mass is 16.5. The van der Waals surface area contributed by atoms with Gasteiger partial charge >= 0.3 is 0 Å². The average Bonchev–Trinajstić information content (AvgIpc) is 3.17. The molecule has 1 N–H and O–H groups in total. The van der Waals surface area contributed by atoms with Gasteiger partial charge in [-0.25, -0.2) is 0 Å². The lowest BCUT2D eigenvalue weighted by atomic mass is 10.1. The second-order valence-corrected chi connectivity index (χ2v) is 6.92. The van der Waals surface area contributed by atoms with Gasteiger partial charge in [-0.2, -0.15) is 0 Å². The van der Waals surface area contributed by atoms with Crippen LogP contribution in [-0.2, 0) is 0 Å². The number of nitrogens with zero attached hydrogens (tertiary/aromatic N) is 2. The van der Waals surface area contributed by atoms with E-state index in [1.807, 2.05) is 30.0 Å². The Hall–Kier alpha value is -1.79. The van der Waals surface area contributed by atoms with Crippen LogP contribution in [0.2, 0.25) is 0 Å². The van der Waals surface area contributed by atoms with Crippen LogP contribution in [0.5, 0.6) is 11.5 Å². The van der Waals surface area contributed by atoms with E-state index in [4.69, 9.17) is 9.47 Å². The van der Waals surface area contributed by atoms with Gasteiger partial charge in [0, 0.05) is 50.9 Å². The molecule has 6 heteroatoms. The molecule has 144 valence electrons. The molecule has 0 saturated carbocycles. The van der Waals surface area contributed by atoms with Crippen LogP contribution >= 0.6 is 0 Å². The van der Waals surface area contributed by atoms with E-state index in [1.165, 1.54) is 0 Å². The van der Waals surface area contributed by atoms with E-state index in [0.29, 0.717) is 36.3 Å². The number of hydrogen-bond acceptors (Lipinski definition) is 5. The highest BCUT2D eigenvalue weighted by Crippen LogP contribution is 2.30. The fourth-order valence-electron chi connectivity index (χ4n) is 3.69. The van der Waals surface area contributed by atoms with E-state index in [1.54, 1.807) is 0 Å². The Morgan fingerprint density at radius 3 is 2.69 bits per heavy atom. The summed E-state index contributed by atoms with van der Waals surface area (Å²) in [4.78, 5) is 17.4. The van der Waals surface area contributed by atoms with Crippen molar-refractivity contribution >= 4 is 5.91 Å². The Labute approximate surface area is 156 Å². The molecule has 1 amide bonds. The highest BCUT2D eigenvalue weighted by Gasteiger charge is 2.31. The molecule has 0 aromatic heterocycles. The Balaban J connectivity index is 1.66. The first kappa shape index (κ1) is 19.0. The van der Waals surface area contributed by atoms with E-state index < -0.39 is 0 Å². The lowest BCUT2D eigenvalue weighted by molar-refractivity contribution is 0.0773. The molecule has 2 aliphatic rings. The fraction of sp³-hybridized carbons (Fsp3) is 0.650. The summed E-state index contributed by atoms with van der Waals surface area (Å²) < 4.78 is 11.4. The predicted octanol–water partition coefficient (Wildman–Crippen LogP) is 1.99.